The van der Waals surface area contributed by atoms with E-state index in [1.807, 2.05) is 0 Å². The van der Waals surface area contributed by atoms with Gasteiger partial charge in [-0.15, -0.1) is 11.6 Å². The van der Waals surface area contributed by atoms with Crippen molar-refractivity contribution in [1.29, 1.82) is 0 Å². The van der Waals surface area contributed by atoms with Gasteiger partial charge < -0.3 is 9.53 Å². The Balaban J connectivity index is 3.07. The summed E-state index contributed by atoms with van der Waals surface area (Å²) >= 11 is 5.59. The highest BCUT2D eigenvalue weighted by molar-refractivity contribution is 6.37. The van der Waals surface area contributed by atoms with Crippen molar-refractivity contribution in [3.8, 4) is 0 Å². The van der Waals surface area contributed by atoms with E-state index in [9.17, 15) is 24.0 Å². The van der Waals surface area contributed by atoms with E-state index < -0.39 is 41.1 Å². The molecule has 0 aromatic rings. The maximum Gasteiger partial charge on any atom is 0.187 e. The summed E-state index contributed by atoms with van der Waals surface area (Å²) in [6, 6.07) is 0. The molecule has 1 rings (SSSR count). The molecule has 7 heteroatoms. The molecule has 0 aliphatic heterocycles. The predicted molar refractivity (Wildman–Crippen MR) is 68.4 cm³/mol. The number of halogens is 1. The molecular formula is C13H15ClO6. The van der Waals surface area contributed by atoms with Gasteiger partial charge in [-0.1, -0.05) is 6.92 Å². The van der Waals surface area contributed by atoms with E-state index in [-0.39, 0.29) is 24.5 Å². The lowest BCUT2D eigenvalue weighted by molar-refractivity contribution is -0.158. The zero-order valence-corrected chi connectivity index (χ0v) is 11.9. The molecule has 6 nitrogen and oxygen atoms in total. The molecule has 1 saturated carbocycles. The smallest absolute Gasteiger partial charge is 0.187 e. The maximum atomic E-state index is 12.0. The monoisotopic (exact) mass is 302 g/mol. The Morgan fingerprint density at radius 3 is 2.35 bits per heavy atom. The molecule has 4 atom stereocenters. The fourth-order valence-corrected chi connectivity index (χ4v) is 2.22. The second-order valence-electron chi connectivity index (χ2n) is 4.80. The van der Waals surface area contributed by atoms with Crippen LogP contribution in [0.25, 0.3) is 0 Å². The molecule has 1 fully saturated rings. The van der Waals surface area contributed by atoms with Crippen LogP contribution in [-0.4, -0.2) is 48.5 Å². The SMILES string of the molecule is COC1C(=O)C(C=O)C(=O)C(C(=O)CC(C)CCl)C1=O. The standard InChI is InChI=1S/C13H15ClO6/c1-6(4-14)3-8(16)9-10(17)7(5-15)11(18)13(20-2)12(9)19/h5-7,9,13H,3-4H2,1-2H3. The minimum absolute atomic E-state index is 0.0676. The highest BCUT2D eigenvalue weighted by Gasteiger charge is 2.52. The van der Waals surface area contributed by atoms with E-state index in [0.717, 1.165) is 7.11 Å². The number of carbonyl (C=O) groups excluding carboxylic acids is 5. The summed E-state index contributed by atoms with van der Waals surface area (Å²) in [7, 11) is 1.11. The molecule has 110 valence electrons. The topological polar surface area (TPSA) is 94.6 Å². The summed E-state index contributed by atoms with van der Waals surface area (Å²) in [5.41, 5.74) is 0. The van der Waals surface area contributed by atoms with Crippen LogP contribution in [-0.2, 0) is 28.7 Å². The normalized spacial score (nSPS) is 28.4. The average molecular weight is 303 g/mol. The van der Waals surface area contributed by atoms with Gasteiger partial charge in [-0.2, -0.15) is 0 Å². The van der Waals surface area contributed by atoms with Crippen molar-refractivity contribution in [2.45, 2.75) is 19.4 Å². The second-order valence-corrected chi connectivity index (χ2v) is 5.11. The predicted octanol–water partition coefficient (Wildman–Crippen LogP) is -0.0123. The third-order valence-corrected chi connectivity index (χ3v) is 3.73. The van der Waals surface area contributed by atoms with Crippen molar-refractivity contribution in [1.82, 2.24) is 0 Å². The fraction of sp³-hybridized carbons (Fsp3) is 0.615. The van der Waals surface area contributed by atoms with Crippen molar-refractivity contribution in [2.24, 2.45) is 17.8 Å². The summed E-state index contributed by atoms with van der Waals surface area (Å²) in [5, 5.41) is 0. The number of ether oxygens (including phenoxy) is 1. The molecule has 0 aromatic heterocycles. The number of hydrogen-bond donors (Lipinski definition) is 0. The molecule has 20 heavy (non-hydrogen) atoms. The first-order valence-corrected chi connectivity index (χ1v) is 6.60. The Hall–Kier alpha value is -1.40. The first kappa shape index (κ1) is 16.7. The average Bonchev–Trinajstić information content (AvgIpc) is 2.39. The number of aldehydes is 1. The van der Waals surface area contributed by atoms with Gasteiger partial charge >= 0.3 is 0 Å². The third kappa shape index (κ3) is 3.02. The minimum atomic E-state index is -1.61. The first-order valence-electron chi connectivity index (χ1n) is 6.06. The summed E-state index contributed by atoms with van der Waals surface area (Å²) in [4.78, 5) is 58.6. The fourth-order valence-electron chi connectivity index (χ4n) is 2.11. The van der Waals surface area contributed by atoms with Gasteiger partial charge in [-0.05, 0) is 5.92 Å². The number of carbonyl (C=O) groups is 5. The van der Waals surface area contributed by atoms with Crippen LogP contribution in [0.4, 0.5) is 0 Å². The number of ketones is 4. The van der Waals surface area contributed by atoms with Crippen molar-refractivity contribution in [2.75, 3.05) is 13.0 Å². The van der Waals surface area contributed by atoms with Gasteiger partial charge in [0.1, 0.15) is 18.1 Å². The van der Waals surface area contributed by atoms with Gasteiger partial charge in [0.25, 0.3) is 0 Å². The van der Waals surface area contributed by atoms with Crippen LogP contribution >= 0.6 is 11.6 Å². The molecule has 0 heterocycles. The minimum Gasteiger partial charge on any atom is -0.366 e. The Bertz CT molecular complexity index is 458. The zero-order valence-electron chi connectivity index (χ0n) is 11.1. The van der Waals surface area contributed by atoms with Crippen LogP contribution in [0.15, 0.2) is 0 Å². The van der Waals surface area contributed by atoms with Gasteiger partial charge in [0.2, 0.25) is 0 Å². The van der Waals surface area contributed by atoms with Gasteiger partial charge in [-0.25, -0.2) is 0 Å². The maximum absolute atomic E-state index is 12.0. The lowest BCUT2D eigenvalue weighted by atomic mass is 9.74. The Morgan fingerprint density at radius 1 is 1.30 bits per heavy atom. The molecular weight excluding hydrogens is 288 g/mol. The number of hydrogen-bond acceptors (Lipinski definition) is 6. The third-order valence-electron chi connectivity index (χ3n) is 3.21. The van der Waals surface area contributed by atoms with Gasteiger partial charge in [0, 0.05) is 19.4 Å². The van der Waals surface area contributed by atoms with Crippen molar-refractivity contribution >= 4 is 41.0 Å². The second kappa shape index (κ2) is 6.85. The van der Waals surface area contributed by atoms with E-state index in [4.69, 9.17) is 16.3 Å². The first-order chi connectivity index (χ1) is 9.38. The van der Waals surface area contributed by atoms with Crippen LogP contribution in [0.3, 0.4) is 0 Å². The molecule has 1 aliphatic carbocycles. The number of alkyl halides is 1. The number of methoxy groups -OCH3 is 1. The summed E-state index contributed by atoms with van der Waals surface area (Å²) in [5.74, 6) is -6.64. The van der Waals surface area contributed by atoms with Gasteiger partial charge in [-0.3, -0.25) is 19.2 Å². The molecule has 0 aromatic carbocycles. The van der Waals surface area contributed by atoms with E-state index in [2.05, 4.69) is 0 Å². The van der Waals surface area contributed by atoms with Crippen LogP contribution in [0, 0.1) is 17.8 Å². The summed E-state index contributed by atoms with van der Waals surface area (Å²) < 4.78 is 4.72. The van der Waals surface area contributed by atoms with Crippen LogP contribution < -0.4 is 0 Å². The van der Waals surface area contributed by atoms with Crippen LogP contribution in [0.5, 0.6) is 0 Å². The van der Waals surface area contributed by atoms with E-state index in [1.54, 1.807) is 6.92 Å². The highest BCUT2D eigenvalue weighted by Crippen LogP contribution is 2.24. The van der Waals surface area contributed by atoms with Crippen LogP contribution in [0.1, 0.15) is 13.3 Å². The lowest BCUT2D eigenvalue weighted by Crippen LogP contribution is -2.55. The molecule has 0 amide bonds. The van der Waals surface area contributed by atoms with E-state index >= 15 is 0 Å². The Labute approximate surface area is 120 Å². The van der Waals surface area contributed by atoms with Crippen LogP contribution in [0.2, 0.25) is 0 Å². The number of Topliss-reactive ketones (excluding diaryl/α,β-unsaturated/α-hetero) is 4. The largest absolute Gasteiger partial charge is 0.366 e. The zero-order chi connectivity index (χ0) is 15.4. The molecule has 0 radical (unpaired) electrons. The van der Waals surface area contributed by atoms with E-state index in [1.165, 1.54) is 0 Å². The Morgan fingerprint density at radius 2 is 1.90 bits per heavy atom. The molecule has 0 bridgehead atoms. The van der Waals surface area contributed by atoms with Crippen molar-refractivity contribution in [3.63, 3.8) is 0 Å². The highest BCUT2D eigenvalue weighted by atomic mass is 35.5. The summed E-state index contributed by atoms with van der Waals surface area (Å²) in [6.07, 6.45) is -1.46. The number of rotatable bonds is 6. The molecule has 0 spiro atoms. The molecule has 0 N–H and O–H groups in total. The molecule has 4 unspecified atom stereocenters. The van der Waals surface area contributed by atoms with Gasteiger partial charge in [0.15, 0.2) is 29.2 Å². The lowest BCUT2D eigenvalue weighted by Gasteiger charge is -2.27. The Kier molecular flexibility index (Phi) is 5.71. The summed E-state index contributed by atoms with van der Waals surface area (Å²) in [6.45, 7) is 1.69. The van der Waals surface area contributed by atoms with E-state index in [0.29, 0.717) is 0 Å². The molecule has 0 saturated heterocycles. The van der Waals surface area contributed by atoms with Crippen molar-refractivity contribution in [3.05, 3.63) is 0 Å². The molecule has 1 aliphatic rings. The van der Waals surface area contributed by atoms with Gasteiger partial charge in [0.05, 0.1) is 0 Å². The van der Waals surface area contributed by atoms with Crippen molar-refractivity contribution < 1.29 is 28.7 Å². The quantitative estimate of drug-likeness (QED) is 0.389.